The van der Waals surface area contributed by atoms with Crippen LogP contribution in [0.4, 0.5) is 4.79 Å². The molecule has 1 N–H and O–H groups in total. The molecule has 1 amide bonds. The average molecular weight is 214 g/mol. The van der Waals surface area contributed by atoms with Gasteiger partial charge in [0.15, 0.2) is 0 Å². The highest BCUT2D eigenvalue weighted by molar-refractivity contribution is 5.86. The lowest BCUT2D eigenvalue weighted by Gasteiger charge is -2.39. The fourth-order valence-electron chi connectivity index (χ4n) is 1.30. The molecular weight excluding hydrogens is 196 g/mol. The summed E-state index contributed by atoms with van der Waals surface area (Å²) in [5, 5.41) is 11.7. The van der Waals surface area contributed by atoms with Crippen molar-refractivity contribution in [3.05, 3.63) is 0 Å². The molecule has 0 unspecified atom stereocenters. The van der Waals surface area contributed by atoms with Crippen molar-refractivity contribution >= 4 is 11.8 Å². The van der Waals surface area contributed by atoms with Crippen molar-refractivity contribution in [1.29, 1.82) is 0 Å². The molecule has 1 heterocycles. The standard InChI is InChI=1S/C10H18N2O3/c1-7(11-14)8-5-12(6-8)9(13)15-10(2,3)4/h8,14H,5-6H2,1-4H3/b11-7-. The Balaban J connectivity index is 2.36. The van der Waals surface area contributed by atoms with Gasteiger partial charge in [-0.05, 0) is 27.7 Å². The van der Waals surface area contributed by atoms with E-state index in [2.05, 4.69) is 5.16 Å². The van der Waals surface area contributed by atoms with Gasteiger partial charge in [0.05, 0.1) is 5.71 Å². The smallest absolute Gasteiger partial charge is 0.410 e. The summed E-state index contributed by atoms with van der Waals surface area (Å²) in [5.41, 5.74) is 0.206. The van der Waals surface area contributed by atoms with Gasteiger partial charge in [0.1, 0.15) is 5.60 Å². The first-order valence-corrected chi connectivity index (χ1v) is 5.00. The second-order valence-electron chi connectivity index (χ2n) is 4.82. The highest BCUT2D eigenvalue weighted by Crippen LogP contribution is 2.20. The molecule has 0 bridgehead atoms. The predicted octanol–water partition coefficient (Wildman–Crippen LogP) is 1.70. The number of hydrogen-bond donors (Lipinski definition) is 1. The van der Waals surface area contributed by atoms with E-state index in [4.69, 9.17) is 9.94 Å². The number of oxime groups is 1. The summed E-state index contributed by atoms with van der Waals surface area (Å²) >= 11 is 0. The maximum atomic E-state index is 11.5. The summed E-state index contributed by atoms with van der Waals surface area (Å²) in [6, 6.07) is 0. The lowest BCUT2D eigenvalue weighted by molar-refractivity contribution is 0.00662. The fraction of sp³-hybridized carbons (Fsp3) is 0.800. The van der Waals surface area contributed by atoms with Crippen molar-refractivity contribution in [1.82, 2.24) is 4.90 Å². The molecule has 0 spiro atoms. The number of ether oxygens (including phenoxy) is 1. The van der Waals surface area contributed by atoms with Crippen LogP contribution < -0.4 is 0 Å². The van der Waals surface area contributed by atoms with Crippen LogP contribution in [0.15, 0.2) is 5.16 Å². The topological polar surface area (TPSA) is 62.1 Å². The van der Waals surface area contributed by atoms with Gasteiger partial charge in [0.25, 0.3) is 0 Å². The van der Waals surface area contributed by atoms with Crippen LogP contribution in [0.5, 0.6) is 0 Å². The number of carbonyl (C=O) groups excluding carboxylic acids is 1. The Morgan fingerprint density at radius 2 is 2.00 bits per heavy atom. The van der Waals surface area contributed by atoms with Crippen LogP contribution >= 0.6 is 0 Å². The van der Waals surface area contributed by atoms with E-state index >= 15 is 0 Å². The Kier molecular flexibility index (Phi) is 3.21. The average Bonchev–Trinajstić information content (AvgIpc) is 1.97. The minimum absolute atomic E-state index is 0.169. The van der Waals surface area contributed by atoms with E-state index in [9.17, 15) is 4.79 Å². The molecule has 5 heteroatoms. The second kappa shape index (κ2) is 4.08. The lowest BCUT2D eigenvalue weighted by Crippen LogP contribution is -2.53. The molecule has 1 rings (SSSR count). The minimum Gasteiger partial charge on any atom is -0.444 e. The first-order chi connectivity index (χ1) is 6.83. The molecule has 0 aromatic heterocycles. The minimum atomic E-state index is -0.456. The van der Waals surface area contributed by atoms with Gasteiger partial charge in [0.2, 0.25) is 0 Å². The summed E-state index contributed by atoms with van der Waals surface area (Å²) in [6.07, 6.45) is -0.301. The molecule has 0 saturated carbocycles. The van der Waals surface area contributed by atoms with Crippen LogP contribution in [0.3, 0.4) is 0 Å². The molecule has 86 valence electrons. The first-order valence-electron chi connectivity index (χ1n) is 5.00. The number of amides is 1. The van der Waals surface area contributed by atoms with E-state index in [0.29, 0.717) is 18.8 Å². The third kappa shape index (κ3) is 3.11. The van der Waals surface area contributed by atoms with Gasteiger partial charge in [0, 0.05) is 19.0 Å². The Bertz CT molecular complexity index is 275. The lowest BCUT2D eigenvalue weighted by atomic mass is 9.96. The normalized spacial score (nSPS) is 18.7. The molecular formula is C10H18N2O3. The molecule has 1 saturated heterocycles. The number of nitrogens with zero attached hydrogens (tertiary/aromatic N) is 2. The molecule has 5 nitrogen and oxygen atoms in total. The highest BCUT2D eigenvalue weighted by Gasteiger charge is 2.35. The maximum Gasteiger partial charge on any atom is 0.410 e. The Morgan fingerprint density at radius 1 is 1.47 bits per heavy atom. The number of hydrogen-bond acceptors (Lipinski definition) is 4. The van der Waals surface area contributed by atoms with Gasteiger partial charge in [-0.1, -0.05) is 5.16 Å². The molecule has 0 aromatic carbocycles. The zero-order chi connectivity index (χ0) is 11.6. The quantitative estimate of drug-likeness (QED) is 0.410. The van der Waals surface area contributed by atoms with E-state index in [-0.39, 0.29) is 12.0 Å². The summed E-state index contributed by atoms with van der Waals surface area (Å²) in [5.74, 6) is 0.169. The van der Waals surface area contributed by atoms with Crippen LogP contribution in [0.2, 0.25) is 0 Å². The van der Waals surface area contributed by atoms with Crippen molar-refractivity contribution in [3.63, 3.8) is 0 Å². The van der Waals surface area contributed by atoms with Crippen molar-refractivity contribution < 1.29 is 14.7 Å². The second-order valence-corrected chi connectivity index (χ2v) is 4.82. The summed E-state index contributed by atoms with van der Waals surface area (Å²) in [7, 11) is 0. The van der Waals surface area contributed by atoms with Gasteiger partial charge in [-0.3, -0.25) is 0 Å². The van der Waals surface area contributed by atoms with Gasteiger partial charge >= 0.3 is 6.09 Å². The van der Waals surface area contributed by atoms with Gasteiger partial charge < -0.3 is 14.8 Å². The number of carbonyl (C=O) groups is 1. The van der Waals surface area contributed by atoms with E-state index in [1.165, 1.54) is 0 Å². The number of likely N-dealkylation sites (tertiary alicyclic amines) is 1. The van der Waals surface area contributed by atoms with Crippen LogP contribution in [0.25, 0.3) is 0 Å². The van der Waals surface area contributed by atoms with E-state index in [1.807, 2.05) is 20.8 Å². The van der Waals surface area contributed by atoms with Crippen molar-refractivity contribution in [2.75, 3.05) is 13.1 Å². The molecule has 1 aliphatic heterocycles. The molecule has 0 aliphatic carbocycles. The van der Waals surface area contributed by atoms with Crippen LogP contribution in [-0.2, 0) is 4.74 Å². The monoisotopic (exact) mass is 214 g/mol. The predicted molar refractivity (Wildman–Crippen MR) is 56.2 cm³/mol. The van der Waals surface area contributed by atoms with Crippen molar-refractivity contribution in [2.24, 2.45) is 11.1 Å². The van der Waals surface area contributed by atoms with Crippen molar-refractivity contribution in [2.45, 2.75) is 33.3 Å². The molecule has 0 radical (unpaired) electrons. The largest absolute Gasteiger partial charge is 0.444 e. The highest BCUT2D eigenvalue weighted by atomic mass is 16.6. The Labute approximate surface area is 89.7 Å². The molecule has 1 fully saturated rings. The van der Waals surface area contributed by atoms with Gasteiger partial charge in [-0.15, -0.1) is 0 Å². The van der Waals surface area contributed by atoms with E-state index in [1.54, 1.807) is 11.8 Å². The van der Waals surface area contributed by atoms with Crippen LogP contribution in [-0.4, -0.2) is 40.6 Å². The fourth-order valence-corrected chi connectivity index (χ4v) is 1.30. The third-order valence-corrected chi connectivity index (χ3v) is 2.28. The van der Waals surface area contributed by atoms with Crippen LogP contribution in [0, 0.1) is 5.92 Å². The van der Waals surface area contributed by atoms with Crippen LogP contribution in [0.1, 0.15) is 27.7 Å². The zero-order valence-corrected chi connectivity index (χ0v) is 9.65. The molecule has 0 atom stereocenters. The Hall–Kier alpha value is -1.26. The SMILES string of the molecule is C/C(=N/O)C1CN(C(=O)OC(C)(C)C)C1. The number of rotatable bonds is 1. The van der Waals surface area contributed by atoms with Crippen molar-refractivity contribution in [3.8, 4) is 0 Å². The van der Waals surface area contributed by atoms with E-state index < -0.39 is 5.60 Å². The third-order valence-electron chi connectivity index (χ3n) is 2.28. The molecule has 15 heavy (non-hydrogen) atoms. The Morgan fingerprint density at radius 3 is 2.40 bits per heavy atom. The maximum absolute atomic E-state index is 11.5. The molecule has 0 aromatic rings. The summed E-state index contributed by atoms with van der Waals surface area (Å²) in [4.78, 5) is 13.1. The zero-order valence-electron chi connectivity index (χ0n) is 9.65. The first kappa shape index (κ1) is 11.8. The summed E-state index contributed by atoms with van der Waals surface area (Å²) in [6.45, 7) is 8.40. The molecule has 1 aliphatic rings. The van der Waals surface area contributed by atoms with Gasteiger partial charge in [-0.25, -0.2) is 4.79 Å². The summed E-state index contributed by atoms with van der Waals surface area (Å²) < 4.78 is 5.19. The van der Waals surface area contributed by atoms with Gasteiger partial charge in [-0.2, -0.15) is 0 Å². The van der Waals surface area contributed by atoms with E-state index in [0.717, 1.165) is 0 Å².